The van der Waals surface area contributed by atoms with Crippen molar-refractivity contribution >= 4 is 51.3 Å². The molecule has 1 N–H and O–H groups in total. The first-order valence-electron chi connectivity index (χ1n) is 8.54. The maximum Gasteiger partial charge on any atom is 0.271 e. The van der Waals surface area contributed by atoms with Crippen molar-refractivity contribution in [3.8, 4) is 10.4 Å². The second-order valence-electron chi connectivity index (χ2n) is 6.25. The van der Waals surface area contributed by atoms with Crippen LogP contribution in [0.25, 0.3) is 21.5 Å². The zero-order chi connectivity index (χ0) is 20.5. The van der Waals surface area contributed by atoms with Gasteiger partial charge in [0.1, 0.15) is 6.54 Å². The molecule has 0 aliphatic rings. The van der Waals surface area contributed by atoms with Gasteiger partial charge in [-0.05, 0) is 30.5 Å². The van der Waals surface area contributed by atoms with E-state index in [1.54, 1.807) is 17.5 Å². The molecule has 0 aliphatic heterocycles. The summed E-state index contributed by atoms with van der Waals surface area (Å²) in [6.07, 6.45) is 1.68. The van der Waals surface area contributed by atoms with E-state index in [9.17, 15) is 14.9 Å². The number of halogens is 1. The first-order chi connectivity index (χ1) is 13.9. The van der Waals surface area contributed by atoms with Crippen molar-refractivity contribution in [3.05, 3.63) is 68.8 Å². The molecule has 4 rings (SSSR count). The molecule has 0 aliphatic carbocycles. The summed E-state index contributed by atoms with van der Waals surface area (Å²) in [5.74, 6) is -0.417. The van der Waals surface area contributed by atoms with E-state index in [0.717, 1.165) is 21.5 Å². The van der Waals surface area contributed by atoms with Gasteiger partial charge in [-0.3, -0.25) is 14.9 Å². The number of fused-ring (bicyclic) bond motifs is 1. The number of nitro groups is 1. The van der Waals surface area contributed by atoms with Crippen LogP contribution in [0.3, 0.4) is 0 Å². The standard InChI is InChI=1S/C19H14ClN5O3S/c1-11-18-13(16-3-2-8-29-16)6-7-21-19(18)24(23-11)10-17(26)22-15-9-12(25(27)28)4-5-14(15)20/h2-9H,10H2,1H3,(H,22,26). The van der Waals surface area contributed by atoms with Crippen LogP contribution in [0.4, 0.5) is 11.4 Å². The average Bonchev–Trinajstić information content (AvgIpc) is 3.32. The smallest absolute Gasteiger partial charge is 0.271 e. The Kier molecular flexibility index (Phi) is 4.99. The molecule has 0 atom stereocenters. The Morgan fingerprint density at radius 2 is 2.17 bits per heavy atom. The van der Waals surface area contributed by atoms with E-state index in [-0.39, 0.29) is 22.9 Å². The fraction of sp³-hybridized carbons (Fsp3) is 0.105. The zero-order valence-corrected chi connectivity index (χ0v) is 16.7. The normalized spacial score (nSPS) is 11.0. The lowest BCUT2D eigenvalue weighted by molar-refractivity contribution is -0.384. The third kappa shape index (κ3) is 3.69. The van der Waals surface area contributed by atoms with E-state index in [4.69, 9.17) is 11.6 Å². The monoisotopic (exact) mass is 427 g/mol. The molecule has 0 bridgehead atoms. The summed E-state index contributed by atoms with van der Waals surface area (Å²) in [7, 11) is 0. The molecular formula is C19H14ClN5O3S. The van der Waals surface area contributed by atoms with Gasteiger partial charge < -0.3 is 5.32 Å². The number of pyridine rings is 1. The SMILES string of the molecule is Cc1nn(CC(=O)Nc2cc([N+](=O)[O-])ccc2Cl)c2nccc(-c3cccs3)c12. The molecule has 0 radical (unpaired) electrons. The summed E-state index contributed by atoms with van der Waals surface area (Å²) in [6.45, 7) is 1.76. The molecule has 10 heteroatoms. The number of nitrogens with zero attached hydrogens (tertiary/aromatic N) is 4. The molecule has 3 heterocycles. The van der Waals surface area contributed by atoms with Gasteiger partial charge in [-0.2, -0.15) is 5.10 Å². The number of nitrogens with one attached hydrogen (secondary N) is 1. The Hall–Kier alpha value is -3.30. The molecular weight excluding hydrogens is 414 g/mol. The van der Waals surface area contributed by atoms with Crippen molar-refractivity contribution in [2.45, 2.75) is 13.5 Å². The van der Waals surface area contributed by atoms with E-state index in [2.05, 4.69) is 15.4 Å². The number of benzene rings is 1. The van der Waals surface area contributed by atoms with Crippen molar-refractivity contribution < 1.29 is 9.72 Å². The Balaban J connectivity index is 1.64. The second kappa shape index (κ2) is 7.61. The number of anilines is 1. The van der Waals surface area contributed by atoms with E-state index < -0.39 is 10.8 Å². The molecule has 1 amide bonds. The molecule has 8 nitrogen and oxygen atoms in total. The second-order valence-corrected chi connectivity index (χ2v) is 7.60. The quantitative estimate of drug-likeness (QED) is 0.368. The summed E-state index contributed by atoms with van der Waals surface area (Å²) in [6, 6.07) is 9.79. The van der Waals surface area contributed by atoms with Crippen LogP contribution < -0.4 is 5.32 Å². The highest BCUT2D eigenvalue weighted by Gasteiger charge is 2.17. The third-order valence-corrected chi connectivity index (χ3v) is 5.56. The fourth-order valence-electron chi connectivity index (χ4n) is 3.08. The minimum absolute atomic E-state index is 0.107. The Morgan fingerprint density at radius 1 is 1.34 bits per heavy atom. The van der Waals surface area contributed by atoms with Gasteiger partial charge >= 0.3 is 0 Å². The Bertz CT molecular complexity index is 1240. The number of carbonyl (C=O) groups excluding carboxylic acids is 1. The first-order valence-corrected chi connectivity index (χ1v) is 9.79. The van der Waals surface area contributed by atoms with Crippen molar-refractivity contribution in [3.63, 3.8) is 0 Å². The van der Waals surface area contributed by atoms with Crippen LogP contribution >= 0.6 is 22.9 Å². The van der Waals surface area contributed by atoms with Crippen LogP contribution in [-0.2, 0) is 11.3 Å². The minimum atomic E-state index is -0.549. The number of carbonyl (C=O) groups is 1. The molecule has 1 aromatic carbocycles. The highest BCUT2D eigenvalue weighted by atomic mass is 35.5. The van der Waals surface area contributed by atoms with Crippen LogP contribution in [0, 0.1) is 17.0 Å². The number of hydrogen-bond donors (Lipinski definition) is 1. The number of amides is 1. The van der Waals surface area contributed by atoms with Gasteiger partial charge in [-0.25, -0.2) is 9.67 Å². The maximum absolute atomic E-state index is 12.6. The van der Waals surface area contributed by atoms with Crippen molar-refractivity contribution in [2.24, 2.45) is 0 Å². The van der Waals surface area contributed by atoms with Gasteiger partial charge in [0, 0.05) is 28.8 Å². The number of thiophene rings is 1. The first kappa shape index (κ1) is 19.0. The van der Waals surface area contributed by atoms with Crippen LogP contribution in [-0.4, -0.2) is 25.6 Å². The van der Waals surface area contributed by atoms with Gasteiger partial charge in [-0.1, -0.05) is 17.7 Å². The number of aromatic nitrogens is 3. The number of aryl methyl sites for hydroxylation is 1. The van der Waals surface area contributed by atoms with E-state index in [0.29, 0.717) is 5.65 Å². The predicted octanol–water partition coefficient (Wildman–Crippen LogP) is 4.67. The summed E-state index contributed by atoms with van der Waals surface area (Å²) in [5.41, 5.74) is 2.38. The number of nitro benzene ring substituents is 1. The largest absolute Gasteiger partial charge is 0.323 e. The number of non-ortho nitro benzene ring substituents is 1. The fourth-order valence-corrected chi connectivity index (χ4v) is 4.00. The summed E-state index contributed by atoms with van der Waals surface area (Å²) >= 11 is 7.67. The van der Waals surface area contributed by atoms with Crippen LogP contribution in [0.2, 0.25) is 5.02 Å². The molecule has 146 valence electrons. The minimum Gasteiger partial charge on any atom is -0.323 e. The molecule has 0 saturated carbocycles. The van der Waals surface area contributed by atoms with Crippen LogP contribution in [0.5, 0.6) is 0 Å². The van der Waals surface area contributed by atoms with Gasteiger partial charge in [0.15, 0.2) is 5.65 Å². The lowest BCUT2D eigenvalue weighted by atomic mass is 10.1. The van der Waals surface area contributed by atoms with E-state index >= 15 is 0 Å². The van der Waals surface area contributed by atoms with Crippen LogP contribution in [0.1, 0.15) is 5.69 Å². The Morgan fingerprint density at radius 3 is 2.90 bits per heavy atom. The number of rotatable bonds is 5. The van der Waals surface area contributed by atoms with Gasteiger partial charge in [0.05, 0.1) is 26.7 Å². The summed E-state index contributed by atoms with van der Waals surface area (Å²) in [5, 5.41) is 21.1. The zero-order valence-electron chi connectivity index (χ0n) is 15.1. The predicted molar refractivity (Wildman–Crippen MR) is 112 cm³/mol. The molecule has 29 heavy (non-hydrogen) atoms. The van der Waals surface area contributed by atoms with Gasteiger partial charge in [0.25, 0.3) is 5.69 Å². The molecule has 4 aromatic rings. The van der Waals surface area contributed by atoms with Gasteiger partial charge in [0.2, 0.25) is 5.91 Å². The maximum atomic E-state index is 12.6. The molecule has 3 aromatic heterocycles. The molecule has 0 fully saturated rings. The summed E-state index contributed by atoms with van der Waals surface area (Å²) < 4.78 is 1.52. The molecule has 0 saturated heterocycles. The molecule has 0 unspecified atom stereocenters. The van der Waals surface area contributed by atoms with Gasteiger partial charge in [-0.15, -0.1) is 11.3 Å². The van der Waals surface area contributed by atoms with E-state index in [1.807, 2.05) is 30.5 Å². The Labute approximate surface area is 173 Å². The molecule has 0 spiro atoms. The van der Waals surface area contributed by atoms with Crippen molar-refractivity contribution in [2.75, 3.05) is 5.32 Å². The van der Waals surface area contributed by atoms with Crippen molar-refractivity contribution in [1.82, 2.24) is 14.8 Å². The average molecular weight is 428 g/mol. The highest BCUT2D eigenvalue weighted by Crippen LogP contribution is 2.32. The third-order valence-electron chi connectivity index (χ3n) is 4.32. The lowest BCUT2D eigenvalue weighted by Crippen LogP contribution is -2.20. The van der Waals surface area contributed by atoms with E-state index in [1.165, 1.54) is 22.9 Å². The number of hydrogen-bond acceptors (Lipinski definition) is 6. The van der Waals surface area contributed by atoms with Crippen molar-refractivity contribution in [1.29, 1.82) is 0 Å². The van der Waals surface area contributed by atoms with Crippen LogP contribution in [0.15, 0.2) is 48.0 Å². The summed E-state index contributed by atoms with van der Waals surface area (Å²) in [4.78, 5) is 28.4. The lowest BCUT2D eigenvalue weighted by Gasteiger charge is -2.08. The highest BCUT2D eigenvalue weighted by molar-refractivity contribution is 7.13. The topological polar surface area (TPSA) is 103 Å².